The molecule has 1 aliphatic rings. The van der Waals surface area contributed by atoms with E-state index >= 15 is 0 Å². The van der Waals surface area contributed by atoms with Gasteiger partial charge in [-0.05, 0) is 65.4 Å². The number of nitrogens with one attached hydrogen (secondary N) is 1. The Morgan fingerprint density at radius 3 is 2.54 bits per heavy atom. The highest BCUT2D eigenvalue weighted by molar-refractivity contribution is 5.76. The molecule has 0 saturated carbocycles. The molecule has 10 heteroatoms. The molecule has 0 unspecified atom stereocenters. The van der Waals surface area contributed by atoms with Crippen LogP contribution in [0.2, 0.25) is 0 Å². The van der Waals surface area contributed by atoms with Crippen molar-refractivity contribution in [2.24, 2.45) is 0 Å². The van der Waals surface area contributed by atoms with Crippen molar-refractivity contribution in [2.45, 2.75) is 53.2 Å². The number of likely N-dealkylation sites (N-methyl/N-ethyl adjacent to an activating group) is 1. The van der Waals surface area contributed by atoms with Crippen molar-refractivity contribution in [3.05, 3.63) is 76.1 Å². The molecule has 39 heavy (non-hydrogen) atoms. The lowest BCUT2D eigenvalue weighted by molar-refractivity contribution is 0.0799. The average molecular weight is 533 g/mol. The smallest absolute Gasteiger partial charge is 0.278 e. The molecular weight excluding hydrogens is 492 g/mol. The van der Waals surface area contributed by atoms with E-state index in [9.17, 15) is 9.90 Å². The lowest BCUT2D eigenvalue weighted by atomic mass is 10.0. The van der Waals surface area contributed by atoms with Crippen molar-refractivity contribution in [2.75, 3.05) is 38.5 Å². The molecule has 2 N–H and O–H groups in total. The minimum Gasteiger partial charge on any atom is -0.390 e. The molecule has 0 spiro atoms. The van der Waals surface area contributed by atoms with E-state index < -0.39 is 5.60 Å². The second kappa shape index (κ2) is 11.5. The van der Waals surface area contributed by atoms with Crippen LogP contribution in [0, 0.1) is 0 Å². The maximum Gasteiger partial charge on any atom is 0.278 e. The van der Waals surface area contributed by atoms with Gasteiger partial charge < -0.3 is 20.2 Å². The second-order valence-corrected chi connectivity index (χ2v) is 10.9. The molecule has 0 atom stereocenters. The zero-order chi connectivity index (χ0) is 28.3. The number of hydrogen-bond donors (Lipinski definition) is 2. The molecule has 0 amide bonds. The third-order valence-corrected chi connectivity index (χ3v) is 6.89. The number of hydrogen-bond acceptors (Lipinski definition) is 8. The predicted molar refractivity (Wildman–Crippen MR) is 156 cm³/mol. The van der Waals surface area contributed by atoms with E-state index in [0.717, 1.165) is 31.9 Å². The third-order valence-electron chi connectivity index (χ3n) is 6.89. The molecule has 0 bridgehead atoms. The summed E-state index contributed by atoms with van der Waals surface area (Å²) in [6.07, 6.45) is 5.68. The summed E-state index contributed by atoms with van der Waals surface area (Å²) in [4.78, 5) is 31.9. The number of fused-ring (bicyclic) bond motifs is 1. The molecule has 208 valence electrons. The van der Waals surface area contributed by atoms with E-state index in [0.29, 0.717) is 34.9 Å². The van der Waals surface area contributed by atoms with Gasteiger partial charge in [0.15, 0.2) is 11.5 Å². The average Bonchev–Trinajstić information content (AvgIpc) is 3.14. The number of aliphatic hydroxyl groups is 1. The minimum absolute atomic E-state index is 0.222. The predicted octanol–water partition coefficient (Wildman–Crippen LogP) is 3.33. The third kappa shape index (κ3) is 6.63. The van der Waals surface area contributed by atoms with E-state index in [4.69, 9.17) is 9.97 Å². The number of allylic oxidation sites excluding steroid dienone is 5. The van der Waals surface area contributed by atoms with Crippen molar-refractivity contribution >= 4 is 17.0 Å². The first-order valence-corrected chi connectivity index (χ1v) is 13.3. The summed E-state index contributed by atoms with van der Waals surface area (Å²) in [6, 6.07) is 5.55. The van der Waals surface area contributed by atoms with Crippen LogP contribution in [0.4, 0.5) is 5.95 Å². The molecule has 1 aliphatic heterocycles. The normalized spacial score (nSPS) is 16.0. The van der Waals surface area contributed by atoms with Crippen LogP contribution < -0.4 is 10.9 Å². The first-order valence-electron chi connectivity index (χ1n) is 13.3. The van der Waals surface area contributed by atoms with Crippen LogP contribution in [0.5, 0.6) is 0 Å². The van der Waals surface area contributed by atoms with Gasteiger partial charge in [-0.25, -0.2) is 19.3 Å². The van der Waals surface area contributed by atoms with E-state index in [1.54, 1.807) is 35.5 Å². The Kier molecular flexibility index (Phi) is 8.36. The quantitative estimate of drug-likeness (QED) is 0.320. The fraction of sp³-hybridized carbons (Fsp3) is 0.448. The SMILES string of the molecule is C=CCn1c(=O)c2cnc(N/C(C)=C/C(C)=C(\C)N3CCN(C)CC3)nc2n1-c1cccc(CC(C)(C)O)n1. The van der Waals surface area contributed by atoms with Gasteiger partial charge in [0.25, 0.3) is 5.56 Å². The second-order valence-electron chi connectivity index (χ2n) is 10.9. The molecule has 0 aliphatic carbocycles. The molecule has 1 fully saturated rings. The Balaban J connectivity index is 1.69. The number of pyridine rings is 1. The summed E-state index contributed by atoms with van der Waals surface area (Å²) in [5.41, 5.74) is 3.35. The Hall–Kier alpha value is -3.76. The summed E-state index contributed by atoms with van der Waals surface area (Å²) < 4.78 is 3.24. The van der Waals surface area contributed by atoms with E-state index in [-0.39, 0.29) is 12.1 Å². The van der Waals surface area contributed by atoms with E-state index in [1.165, 1.54) is 11.3 Å². The molecule has 0 aromatic carbocycles. The molecule has 1 saturated heterocycles. The Morgan fingerprint density at radius 1 is 1.15 bits per heavy atom. The molecule has 3 aromatic rings. The first kappa shape index (κ1) is 28.3. The topological polar surface area (TPSA) is 104 Å². The Bertz CT molecular complexity index is 1470. The van der Waals surface area contributed by atoms with Gasteiger partial charge in [0.05, 0.1) is 12.1 Å². The van der Waals surface area contributed by atoms with Gasteiger partial charge in [-0.15, -0.1) is 6.58 Å². The monoisotopic (exact) mass is 532 g/mol. The number of rotatable bonds is 9. The van der Waals surface area contributed by atoms with Crippen LogP contribution in [0.1, 0.15) is 40.3 Å². The summed E-state index contributed by atoms with van der Waals surface area (Å²) in [5.74, 6) is 0.919. The summed E-state index contributed by atoms with van der Waals surface area (Å²) in [6.45, 7) is 18.0. The van der Waals surface area contributed by atoms with Crippen LogP contribution in [-0.2, 0) is 13.0 Å². The van der Waals surface area contributed by atoms with Crippen molar-refractivity contribution in [1.82, 2.24) is 34.1 Å². The fourth-order valence-corrected chi connectivity index (χ4v) is 4.77. The lowest BCUT2D eigenvalue weighted by Gasteiger charge is -2.35. The number of aromatic nitrogens is 5. The largest absolute Gasteiger partial charge is 0.390 e. The fourth-order valence-electron chi connectivity index (χ4n) is 4.77. The minimum atomic E-state index is -0.913. The van der Waals surface area contributed by atoms with Gasteiger partial charge in [-0.1, -0.05) is 12.1 Å². The lowest BCUT2D eigenvalue weighted by Crippen LogP contribution is -2.43. The van der Waals surface area contributed by atoms with Crippen molar-refractivity contribution in [3.63, 3.8) is 0 Å². The molecule has 3 aromatic heterocycles. The molecule has 4 heterocycles. The number of nitrogens with zero attached hydrogens (tertiary/aromatic N) is 7. The Labute approximate surface area is 230 Å². The van der Waals surface area contributed by atoms with E-state index in [2.05, 4.69) is 53.7 Å². The van der Waals surface area contributed by atoms with Gasteiger partial charge in [0.2, 0.25) is 5.95 Å². The summed E-state index contributed by atoms with van der Waals surface area (Å²) in [7, 11) is 2.15. The molecule has 10 nitrogen and oxygen atoms in total. The van der Waals surface area contributed by atoms with E-state index in [1.807, 2.05) is 25.1 Å². The number of piperazine rings is 1. The first-order chi connectivity index (χ1) is 18.5. The molecule has 4 rings (SSSR count). The maximum absolute atomic E-state index is 13.3. The zero-order valence-electron chi connectivity index (χ0n) is 23.9. The summed E-state index contributed by atoms with van der Waals surface area (Å²) >= 11 is 0. The van der Waals surface area contributed by atoms with Crippen LogP contribution in [0.15, 0.2) is 64.9 Å². The summed E-state index contributed by atoms with van der Waals surface area (Å²) in [5, 5.41) is 14.0. The molecular formula is C29H40N8O2. The van der Waals surface area contributed by atoms with Gasteiger partial charge >= 0.3 is 0 Å². The highest BCUT2D eigenvalue weighted by Crippen LogP contribution is 2.19. The highest BCUT2D eigenvalue weighted by atomic mass is 16.3. The van der Waals surface area contributed by atoms with Gasteiger partial charge in [-0.2, -0.15) is 4.98 Å². The van der Waals surface area contributed by atoms with Gasteiger partial charge in [0, 0.05) is 55.9 Å². The van der Waals surface area contributed by atoms with Crippen molar-refractivity contribution < 1.29 is 5.11 Å². The van der Waals surface area contributed by atoms with Crippen LogP contribution in [0.3, 0.4) is 0 Å². The standard InChI is InChI=1S/C29H40N8O2/c1-8-12-36-27(38)24-19-30-28(31-21(3)17-20(2)22(4)35-15-13-34(7)14-16-35)33-26(24)37(36)25-11-9-10-23(32-25)18-29(5,6)39/h8-11,17,19,39H,1,12-16,18H2,2-7H3,(H,30,31,33)/b21-17+,22-20+. The highest BCUT2D eigenvalue weighted by Gasteiger charge is 2.20. The van der Waals surface area contributed by atoms with Crippen molar-refractivity contribution in [1.29, 1.82) is 0 Å². The zero-order valence-corrected chi connectivity index (χ0v) is 23.9. The number of anilines is 1. The van der Waals surface area contributed by atoms with Gasteiger partial charge in [0.1, 0.15) is 5.39 Å². The van der Waals surface area contributed by atoms with Crippen molar-refractivity contribution in [3.8, 4) is 5.82 Å². The molecule has 0 radical (unpaired) electrons. The van der Waals surface area contributed by atoms with Crippen LogP contribution in [-0.4, -0.2) is 78.0 Å². The maximum atomic E-state index is 13.3. The van der Waals surface area contributed by atoms with Gasteiger partial charge in [-0.3, -0.25) is 4.79 Å². The van der Waals surface area contributed by atoms with Crippen LogP contribution >= 0.6 is 0 Å². The van der Waals surface area contributed by atoms with Crippen LogP contribution in [0.25, 0.3) is 16.9 Å². The Morgan fingerprint density at radius 2 is 1.87 bits per heavy atom.